The first-order valence-corrected chi connectivity index (χ1v) is 7.46. The number of thioether (sulfide) groups is 1. The molecular weight excluding hydrogens is 216 g/mol. The maximum Gasteiger partial charge on any atom is 0.108 e. The monoisotopic (exact) mass is 238 g/mol. The summed E-state index contributed by atoms with van der Waals surface area (Å²) in [6.07, 6.45) is 7.08. The second kappa shape index (κ2) is 4.98. The normalized spacial score (nSPS) is 35.9. The van der Waals surface area contributed by atoms with Gasteiger partial charge in [0.25, 0.3) is 0 Å². The van der Waals surface area contributed by atoms with E-state index in [9.17, 15) is 5.26 Å². The molecule has 3 atom stereocenters. The molecular formula is C13H22N2S. The third kappa shape index (κ3) is 2.93. The number of nitriles is 1. The van der Waals surface area contributed by atoms with E-state index in [1.54, 1.807) is 0 Å². The molecule has 2 aliphatic rings. The number of nitrogens with zero attached hydrogens (tertiary/aromatic N) is 1. The Morgan fingerprint density at radius 2 is 2.25 bits per heavy atom. The molecule has 3 unspecified atom stereocenters. The van der Waals surface area contributed by atoms with Gasteiger partial charge in [0.1, 0.15) is 5.54 Å². The zero-order chi connectivity index (χ0) is 11.6. The largest absolute Gasteiger partial charge is 0.297 e. The minimum absolute atomic E-state index is 0.188. The molecule has 0 heterocycles. The van der Waals surface area contributed by atoms with Crippen molar-refractivity contribution in [1.82, 2.24) is 5.32 Å². The van der Waals surface area contributed by atoms with Gasteiger partial charge >= 0.3 is 0 Å². The zero-order valence-corrected chi connectivity index (χ0v) is 11.1. The SMILES string of the molecule is CCC(C)SC1CCC(C#N)(NC2CC2)C1. The van der Waals surface area contributed by atoms with Crippen molar-refractivity contribution in [1.29, 1.82) is 5.26 Å². The van der Waals surface area contributed by atoms with Crippen LogP contribution in [-0.4, -0.2) is 22.1 Å². The molecule has 2 fully saturated rings. The van der Waals surface area contributed by atoms with E-state index < -0.39 is 0 Å². The van der Waals surface area contributed by atoms with Crippen molar-refractivity contribution < 1.29 is 0 Å². The molecule has 2 rings (SSSR count). The lowest BCUT2D eigenvalue weighted by atomic mass is 10.00. The van der Waals surface area contributed by atoms with E-state index in [-0.39, 0.29) is 5.54 Å². The van der Waals surface area contributed by atoms with E-state index in [0.29, 0.717) is 11.3 Å². The summed E-state index contributed by atoms with van der Waals surface area (Å²) in [4.78, 5) is 0. The Balaban J connectivity index is 1.86. The van der Waals surface area contributed by atoms with Crippen molar-refractivity contribution in [3.8, 4) is 6.07 Å². The summed E-state index contributed by atoms with van der Waals surface area (Å²) < 4.78 is 0. The molecule has 0 amide bonds. The van der Waals surface area contributed by atoms with Crippen LogP contribution >= 0.6 is 11.8 Å². The molecule has 0 aromatic heterocycles. The lowest BCUT2D eigenvalue weighted by Gasteiger charge is -2.23. The second-order valence-electron chi connectivity index (χ2n) is 5.33. The van der Waals surface area contributed by atoms with Crippen LogP contribution in [0.15, 0.2) is 0 Å². The van der Waals surface area contributed by atoms with E-state index in [4.69, 9.17) is 0 Å². The molecule has 0 spiro atoms. The molecule has 16 heavy (non-hydrogen) atoms. The van der Waals surface area contributed by atoms with Crippen LogP contribution < -0.4 is 5.32 Å². The van der Waals surface area contributed by atoms with Gasteiger partial charge in [-0.15, -0.1) is 0 Å². The number of rotatable bonds is 5. The predicted molar refractivity (Wildman–Crippen MR) is 69.5 cm³/mol. The van der Waals surface area contributed by atoms with Crippen LogP contribution in [0.25, 0.3) is 0 Å². The average Bonchev–Trinajstić information content (AvgIpc) is 3.00. The van der Waals surface area contributed by atoms with Gasteiger partial charge in [0.2, 0.25) is 0 Å². The second-order valence-corrected chi connectivity index (χ2v) is 7.08. The molecule has 0 aliphatic heterocycles. The summed E-state index contributed by atoms with van der Waals surface area (Å²) in [5, 5.41) is 14.4. The van der Waals surface area contributed by atoms with Crippen LogP contribution in [0.3, 0.4) is 0 Å². The van der Waals surface area contributed by atoms with Gasteiger partial charge in [-0.05, 0) is 38.5 Å². The highest BCUT2D eigenvalue weighted by Crippen LogP contribution is 2.40. The number of nitrogens with one attached hydrogen (secondary N) is 1. The Bertz CT molecular complexity index is 282. The predicted octanol–water partition coefficient (Wildman–Crippen LogP) is 3.08. The van der Waals surface area contributed by atoms with Crippen molar-refractivity contribution in [2.45, 2.75) is 74.5 Å². The molecule has 0 bridgehead atoms. The molecule has 0 aromatic carbocycles. The maximum atomic E-state index is 9.38. The first-order chi connectivity index (χ1) is 7.67. The van der Waals surface area contributed by atoms with Gasteiger partial charge in [-0.2, -0.15) is 17.0 Å². The smallest absolute Gasteiger partial charge is 0.108 e. The molecule has 2 saturated carbocycles. The molecule has 2 aliphatic carbocycles. The Kier molecular flexibility index (Phi) is 3.81. The Morgan fingerprint density at radius 1 is 1.50 bits per heavy atom. The number of hydrogen-bond donors (Lipinski definition) is 1. The highest BCUT2D eigenvalue weighted by Gasteiger charge is 2.43. The maximum absolute atomic E-state index is 9.38. The van der Waals surface area contributed by atoms with Crippen LogP contribution in [0.2, 0.25) is 0 Å². The molecule has 0 aromatic rings. The quantitative estimate of drug-likeness (QED) is 0.799. The molecule has 3 heteroatoms. The molecule has 0 saturated heterocycles. The fourth-order valence-corrected chi connectivity index (χ4v) is 3.91. The zero-order valence-electron chi connectivity index (χ0n) is 10.3. The Morgan fingerprint density at radius 3 is 2.81 bits per heavy atom. The van der Waals surface area contributed by atoms with Crippen LogP contribution in [0.4, 0.5) is 0 Å². The van der Waals surface area contributed by atoms with Gasteiger partial charge in [-0.1, -0.05) is 13.8 Å². The van der Waals surface area contributed by atoms with Crippen molar-refractivity contribution in [2.75, 3.05) is 0 Å². The first-order valence-electron chi connectivity index (χ1n) is 6.52. The van der Waals surface area contributed by atoms with E-state index in [1.165, 1.54) is 25.7 Å². The van der Waals surface area contributed by atoms with Gasteiger partial charge in [-0.3, -0.25) is 5.32 Å². The van der Waals surface area contributed by atoms with Gasteiger partial charge in [-0.25, -0.2) is 0 Å². The summed E-state index contributed by atoms with van der Waals surface area (Å²) >= 11 is 2.08. The third-order valence-corrected chi connectivity index (χ3v) is 5.33. The van der Waals surface area contributed by atoms with E-state index in [0.717, 1.165) is 18.1 Å². The topological polar surface area (TPSA) is 35.8 Å². The lowest BCUT2D eigenvalue weighted by Crippen LogP contribution is -2.43. The molecule has 0 radical (unpaired) electrons. The average molecular weight is 238 g/mol. The number of hydrogen-bond acceptors (Lipinski definition) is 3. The molecule has 90 valence electrons. The van der Waals surface area contributed by atoms with E-state index in [1.807, 2.05) is 0 Å². The van der Waals surface area contributed by atoms with Crippen molar-refractivity contribution in [3.05, 3.63) is 0 Å². The Labute approximate surface area is 103 Å². The van der Waals surface area contributed by atoms with E-state index in [2.05, 4.69) is 37.0 Å². The van der Waals surface area contributed by atoms with Crippen LogP contribution in [0.5, 0.6) is 0 Å². The van der Waals surface area contributed by atoms with Crippen molar-refractivity contribution >= 4 is 11.8 Å². The third-order valence-electron chi connectivity index (χ3n) is 3.74. The highest BCUT2D eigenvalue weighted by atomic mass is 32.2. The summed E-state index contributed by atoms with van der Waals surface area (Å²) in [5.74, 6) is 0. The molecule has 1 N–H and O–H groups in total. The standard InChI is InChI=1S/C13H22N2S/c1-3-10(2)16-12-6-7-13(8-12,9-14)15-11-4-5-11/h10-12,15H,3-8H2,1-2H3. The minimum atomic E-state index is -0.188. The summed E-state index contributed by atoms with van der Waals surface area (Å²) in [6.45, 7) is 4.54. The van der Waals surface area contributed by atoms with Gasteiger partial charge in [0.15, 0.2) is 0 Å². The van der Waals surface area contributed by atoms with Crippen LogP contribution in [-0.2, 0) is 0 Å². The summed E-state index contributed by atoms with van der Waals surface area (Å²) in [5.41, 5.74) is -0.188. The highest BCUT2D eigenvalue weighted by molar-refractivity contribution is 8.00. The van der Waals surface area contributed by atoms with Crippen molar-refractivity contribution in [3.63, 3.8) is 0 Å². The first kappa shape index (κ1) is 12.3. The van der Waals surface area contributed by atoms with Gasteiger partial charge < -0.3 is 0 Å². The van der Waals surface area contributed by atoms with E-state index >= 15 is 0 Å². The van der Waals surface area contributed by atoms with Crippen LogP contribution in [0, 0.1) is 11.3 Å². The Hall–Kier alpha value is -0.200. The fraction of sp³-hybridized carbons (Fsp3) is 0.923. The fourth-order valence-electron chi connectivity index (χ4n) is 2.42. The lowest BCUT2D eigenvalue weighted by molar-refractivity contribution is 0.420. The van der Waals surface area contributed by atoms with Crippen LogP contribution in [0.1, 0.15) is 52.4 Å². The van der Waals surface area contributed by atoms with Gasteiger partial charge in [0, 0.05) is 16.5 Å². The van der Waals surface area contributed by atoms with Crippen molar-refractivity contribution in [2.24, 2.45) is 0 Å². The minimum Gasteiger partial charge on any atom is -0.297 e. The van der Waals surface area contributed by atoms with Gasteiger partial charge in [0.05, 0.1) is 6.07 Å². The molecule has 2 nitrogen and oxygen atoms in total. The summed E-state index contributed by atoms with van der Waals surface area (Å²) in [7, 11) is 0. The summed E-state index contributed by atoms with van der Waals surface area (Å²) in [6, 6.07) is 3.19.